The van der Waals surface area contributed by atoms with E-state index >= 15 is 0 Å². The van der Waals surface area contributed by atoms with Crippen molar-refractivity contribution in [2.75, 3.05) is 14.1 Å². The summed E-state index contributed by atoms with van der Waals surface area (Å²) in [7, 11) is 4.00. The summed E-state index contributed by atoms with van der Waals surface area (Å²) in [5.74, 6) is 0. The van der Waals surface area contributed by atoms with Crippen LogP contribution in [-0.2, 0) is 0 Å². The van der Waals surface area contributed by atoms with Gasteiger partial charge in [-0.2, -0.15) is 0 Å². The predicted molar refractivity (Wildman–Crippen MR) is 54.1 cm³/mol. The number of hydrogen-bond donors (Lipinski definition) is 1. The molecule has 0 aromatic rings. The van der Waals surface area contributed by atoms with Gasteiger partial charge in [0.1, 0.15) is 3.67 Å². The minimum atomic E-state index is -0.259. The van der Waals surface area contributed by atoms with E-state index in [9.17, 15) is 0 Å². The third-order valence-electron chi connectivity index (χ3n) is 1.70. The summed E-state index contributed by atoms with van der Waals surface area (Å²) in [6, 6.07) is 0. The molecule has 0 rings (SSSR count). The molecule has 0 heterocycles. The average molecular weight is 256 g/mol. The second kappa shape index (κ2) is 2.95. The SMILES string of the molecule is CN(C)C(N)(I)C(C)(C)C. The lowest BCUT2D eigenvalue weighted by molar-refractivity contribution is 0.141. The van der Waals surface area contributed by atoms with Crippen molar-refractivity contribution >= 4 is 22.6 Å². The van der Waals surface area contributed by atoms with E-state index in [-0.39, 0.29) is 9.08 Å². The minimum absolute atomic E-state index is 0.108. The maximum absolute atomic E-state index is 6.05. The van der Waals surface area contributed by atoms with Gasteiger partial charge in [0.2, 0.25) is 0 Å². The molecule has 0 aliphatic rings. The molecule has 2 nitrogen and oxygen atoms in total. The fourth-order valence-corrected chi connectivity index (χ4v) is 0.671. The predicted octanol–water partition coefficient (Wildman–Crippen LogP) is 1.64. The molecule has 0 aliphatic carbocycles. The summed E-state index contributed by atoms with van der Waals surface area (Å²) < 4.78 is -0.259. The molecule has 0 spiro atoms. The highest BCUT2D eigenvalue weighted by Gasteiger charge is 2.37. The smallest absolute Gasteiger partial charge is 0.126 e. The van der Waals surface area contributed by atoms with Gasteiger partial charge in [0.25, 0.3) is 0 Å². The molecular weight excluding hydrogens is 239 g/mol. The number of nitrogens with zero attached hydrogens (tertiary/aromatic N) is 1. The van der Waals surface area contributed by atoms with E-state index in [0.29, 0.717) is 0 Å². The summed E-state index contributed by atoms with van der Waals surface area (Å²) >= 11 is 2.28. The summed E-state index contributed by atoms with van der Waals surface area (Å²) in [5, 5.41) is 0. The van der Waals surface area contributed by atoms with Crippen molar-refractivity contribution in [1.29, 1.82) is 0 Å². The molecule has 1 unspecified atom stereocenters. The molecule has 0 saturated heterocycles. The first-order valence-electron chi connectivity index (χ1n) is 3.35. The van der Waals surface area contributed by atoms with Crippen molar-refractivity contribution in [1.82, 2.24) is 4.90 Å². The highest BCUT2D eigenvalue weighted by molar-refractivity contribution is 14.1. The molecule has 0 radical (unpaired) electrons. The van der Waals surface area contributed by atoms with Crippen molar-refractivity contribution in [3.05, 3.63) is 0 Å². The van der Waals surface area contributed by atoms with E-state index in [0.717, 1.165) is 0 Å². The van der Waals surface area contributed by atoms with E-state index in [1.807, 2.05) is 19.0 Å². The number of hydrogen-bond acceptors (Lipinski definition) is 2. The van der Waals surface area contributed by atoms with E-state index in [1.54, 1.807) is 0 Å². The van der Waals surface area contributed by atoms with Crippen molar-refractivity contribution in [2.24, 2.45) is 11.1 Å². The van der Waals surface area contributed by atoms with E-state index in [2.05, 4.69) is 43.4 Å². The Morgan fingerprint density at radius 3 is 1.50 bits per heavy atom. The maximum Gasteiger partial charge on any atom is 0.126 e. The largest absolute Gasteiger partial charge is 0.304 e. The highest BCUT2D eigenvalue weighted by atomic mass is 127. The van der Waals surface area contributed by atoms with Gasteiger partial charge >= 0.3 is 0 Å². The molecule has 0 fully saturated rings. The second-order valence-electron chi connectivity index (χ2n) is 3.82. The van der Waals surface area contributed by atoms with Gasteiger partial charge in [0, 0.05) is 5.41 Å². The Bertz CT molecular complexity index is 113. The fraction of sp³-hybridized carbons (Fsp3) is 1.00. The third-order valence-corrected chi connectivity index (χ3v) is 4.29. The quantitative estimate of drug-likeness (QED) is 0.334. The maximum atomic E-state index is 6.05. The van der Waals surface area contributed by atoms with E-state index in [4.69, 9.17) is 5.73 Å². The normalized spacial score (nSPS) is 19.2. The Kier molecular flexibility index (Phi) is 3.14. The Hall–Kier alpha value is 0.650. The molecule has 10 heavy (non-hydrogen) atoms. The van der Waals surface area contributed by atoms with Crippen LogP contribution in [0.4, 0.5) is 0 Å². The van der Waals surface area contributed by atoms with Crippen molar-refractivity contribution in [3.63, 3.8) is 0 Å². The fourth-order valence-electron chi connectivity index (χ4n) is 0.671. The Balaban J connectivity index is 4.40. The first-order chi connectivity index (χ1) is 4.19. The van der Waals surface area contributed by atoms with Crippen LogP contribution >= 0.6 is 22.6 Å². The van der Waals surface area contributed by atoms with Crippen LogP contribution < -0.4 is 5.73 Å². The van der Waals surface area contributed by atoms with Crippen LogP contribution in [0.15, 0.2) is 0 Å². The van der Waals surface area contributed by atoms with Crippen molar-refractivity contribution in [2.45, 2.75) is 24.4 Å². The monoisotopic (exact) mass is 256 g/mol. The van der Waals surface area contributed by atoms with Crippen LogP contribution in [0.25, 0.3) is 0 Å². The summed E-state index contributed by atoms with van der Waals surface area (Å²) in [6.45, 7) is 6.41. The van der Waals surface area contributed by atoms with E-state index in [1.165, 1.54) is 0 Å². The molecule has 2 N–H and O–H groups in total. The number of rotatable bonds is 1. The van der Waals surface area contributed by atoms with Gasteiger partial charge in [-0.05, 0) is 36.7 Å². The Labute approximate surface area is 77.3 Å². The average Bonchev–Trinajstić information content (AvgIpc) is 1.62. The van der Waals surface area contributed by atoms with Gasteiger partial charge < -0.3 is 5.73 Å². The molecule has 62 valence electrons. The molecule has 3 heteroatoms. The van der Waals surface area contributed by atoms with Crippen LogP contribution in [0.3, 0.4) is 0 Å². The summed E-state index contributed by atoms with van der Waals surface area (Å²) in [6.07, 6.45) is 0. The molecule has 0 aliphatic heterocycles. The number of nitrogens with two attached hydrogens (primary N) is 1. The van der Waals surface area contributed by atoms with Crippen LogP contribution in [0, 0.1) is 5.41 Å². The first kappa shape index (κ1) is 10.7. The molecule has 0 amide bonds. The molecular formula is C7H17IN2. The third kappa shape index (κ3) is 2.07. The van der Waals surface area contributed by atoms with Gasteiger partial charge in [0.15, 0.2) is 0 Å². The van der Waals surface area contributed by atoms with Gasteiger partial charge in [-0.15, -0.1) is 0 Å². The molecule has 0 saturated carbocycles. The lowest BCUT2D eigenvalue weighted by Crippen LogP contribution is -2.56. The molecule has 1 atom stereocenters. The highest BCUT2D eigenvalue weighted by Crippen LogP contribution is 2.34. The zero-order valence-electron chi connectivity index (χ0n) is 7.40. The van der Waals surface area contributed by atoms with Crippen molar-refractivity contribution in [3.8, 4) is 0 Å². The van der Waals surface area contributed by atoms with Crippen LogP contribution in [0.1, 0.15) is 20.8 Å². The number of alkyl halides is 1. The standard InChI is InChI=1S/C7H17IN2/c1-6(2,3)7(8,9)10(4)5/h9H2,1-5H3. The van der Waals surface area contributed by atoms with E-state index < -0.39 is 0 Å². The summed E-state index contributed by atoms with van der Waals surface area (Å²) in [5.41, 5.74) is 6.16. The van der Waals surface area contributed by atoms with Crippen LogP contribution in [0.5, 0.6) is 0 Å². The van der Waals surface area contributed by atoms with Gasteiger partial charge in [0.05, 0.1) is 0 Å². The summed E-state index contributed by atoms with van der Waals surface area (Å²) in [4.78, 5) is 2.04. The Morgan fingerprint density at radius 1 is 1.20 bits per heavy atom. The molecule has 0 aromatic carbocycles. The van der Waals surface area contributed by atoms with Crippen LogP contribution in [-0.4, -0.2) is 22.7 Å². The first-order valence-corrected chi connectivity index (χ1v) is 4.42. The van der Waals surface area contributed by atoms with Crippen molar-refractivity contribution < 1.29 is 0 Å². The lowest BCUT2D eigenvalue weighted by atomic mass is 9.92. The second-order valence-corrected chi connectivity index (χ2v) is 5.46. The molecule has 0 aromatic heterocycles. The van der Waals surface area contributed by atoms with Gasteiger partial charge in [-0.25, -0.2) is 0 Å². The zero-order valence-corrected chi connectivity index (χ0v) is 9.56. The van der Waals surface area contributed by atoms with Crippen LogP contribution in [0.2, 0.25) is 0 Å². The van der Waals surface area contributed by atoms with Gasteiger partial charge in [-0.1, -0.05) is 20.8 Å². The lowest BCUT2D eigenvalue weighted by Gasteiger charge is -2.41. The zero-order chi connectivity index (χ0) is 8.58. The topological polar surface area (TPSA) is 29.3 Å². The van der Waals surface area contributed by atoms with Gasteiger partial charge in [-0.3, -0.25) is 4.90 Å². The number of halogens is 1. The minimum Gasteiger partial charge on any atom is -0.304 e. The Morgan fingerprint density at radius 2 is 1.50 bits per heavy atom. The molecule has 0 bridgehead atoms.